The van der Waals surface area contributed by atoms with Crippen LogP contribution in [0.5, 0.6) is 5.75 Å². The quantitative estimate of drug-likeness (QED) is 0.627. The Hall–Kier alpha value is -1.79. The number of hydrogen-bond acceptors (Lipinski definition) is 3. The maximum Gasteiger partial charge on any atom is 0.419 e. The van der Waals surface area contributed by atoms with Crippen molar-refractivity contribution in [2.45, 2.75) is 26.1 Å². The summed E-state index contributed by atoms with van der Waals surface area (Å²) in [4.78, 5) is 11.3. The van der Waals surface area contributed by atoms with Gasteiger partial charge in [0.05, 0.1) is 12.2 Å². The first-order valence-electron chi connectivity index (χ1n) is 5.45. The molecule has 3 nitrogen and oxygen atoms in total. The largest absolute Gasteiger partial charge is 0.479 e. The Labute approximate surface area is 107 Å². The molecule has 0 N–H and O–H groups in total. The summed E-state index contributed by atoms with van der Waals surface area (Å²) in [7, 11) is 0. The van der Waals surface area contributed by atoms with Crippen LogP contribution in [0.2, 0.25) is 0 Å². The predicted octanol–water partition coefficient (Wildman–Crippen LogP) is 3.17. The first-order valence-corrected chi connectivity index (χ1v) is 5.45. The minimum atomic E-state index is -4.82. The fraction of sp³-hybridized carbons (Fsp3) is 0.417. The zero-order valence-corrected chi connectivity index (χ0v) is 10.3. The second-order valence-electron chi connectivity index (χ2n) is 3.65. The molecular formula is C12H12F4O3. The van der Waals surface area contributed by atoms with Crippen molar-refractivity contribution in [1.29, 1.82) is 0 Å². The van der Waals surface area contributed by atoms with Crippen molar-refractivity contribution in [2.75, 3.05) is 6.61 Å². The normalized spacial score (nSPS) is 12.9. The summed E-state index contributed by atoms with van der Waals surface area (Å²) in [6.45, 7) is 3.04. The van der Waals surface area contributed by atoms with Gasteiger partial charge in [-0.2, -0.15) is 13.2 Å². The van der Waals surface area contributed by atoms with Crippen LogP contribution in [0, 0.1) is 5.82 Å². The van der Waals surface area contributed by atoms with Gasteiger partial charge in [-0.3, -0.25) is 0 Å². The Morgan fingerprint density at radius 1 is 1.37 bits per heavy atom. The molecule has 0 radical (unpaired) electrons. The van der Waals surface area contributed by atoms with Crippen molar-refractivity contribution in [3.8, 4) is 5.75 Å². The van der Waals surface area contributed by atoms with Crippen LogP contribution in [0.1, 0.15) is 19.4 Å². The molecule has 0 aliphatic carbocycles. The van der Waals surface area contributed by atoms with E-state index in [-0.39, 0.29) is 12.4 Å². The minimum Gasteiger partial charge on any atom is -0.479 e. The molecule has 0 amide bonds. The SMILES string of the molecule is CCOC(=O)C(C)Oc1ccc(F)c(C(F)(F)F)c1. The van der Waals surface area contributed by atoms with E-state index in [4.69, 9.17) is 4.74 Å². The van der Waals surface area contributed by atoms with Gasteiger partial charge in [-0.15, -0.1) is 0 Å². The number of benzene rings is 1. The van der Waals surface area contributed by atoms with E-state index in [9.17, 15) is 22.4 Å². The lowest BCUT2D eigenvalue weighted by atomic mass is 10.2. The van der Waals surface area contributed by atoms with E-state index in [1.165, 1.54) is 6.92 Å². The molecule has 0 spiro atoms. The van der Waals surface area contributed by atoms with Crippen LogP contribution in [-0.4, -0.2) is 18.7 Å². The first-order chi connectivity index (χ1) is 8.75. The van der Waals surface area contributed by atoms with Crippen LogP contribution in [0.15, 0.2) is 18.2 Å². The minimum absolute atomic E-state index is 0.129. The predicted molar refractivity (Wildman–Crippen MR) is 58.1 cm³/mol. The number of alkyl halides is 3. The molecule has 106 valence electrons. The van der Waals surface area contributed by atoms with E-state index in [0.717, 1.165) is 6.07 Å². The number of carbonyl (C=O) groups is 1. The Balaban J connectivity index is 2.89. The number of hydrogen-bond donors (Lipinski definition) is 0. The second-order valence-corrected chi connectivity index (χ2v) is 3.65. The van der Waals surface area contributed by atoms with Crippen molar-refractivity contribution in [3.05, 3.63) is 29.6 Å². The Bertz CT molecular complexity index is 457. The molecule has 1 rings (SSSR count). The molecule has 0 aliphatic heterocycles. The van der Waals surface area contributed by atoms with Gasteiger partial charge in [0.15, 0.2) is 6.10 Å². The van der Waals surface area contributed by atoms with Gasteiger partial charge in [0.2, 0.25) is 0 Å². The van der Waals surface area contributed by atoms with Crippen LogP contribution in [0.4, 0.5) is 17.6 Å². The van der Waals surface area contributed by atoms with Crippen molar-refractivity contribution in [3.63, 3.8) is 0 Å². The number of halogens is 4. The summed E-state index contributed by atoms with van der Waals surface area (Å²) in [5.41, 5.74) is -1.44. The lowest BCUT2D eigenvalue weighted by Gasteiger charge is -2.15. The number of ether oxygens (including phenoxy) is 2. The molecule has 0 saturated carbocycles. The third-order valence-corrected chi connectivity index (χ3v) is 2.17. The average molecular weight is 280 g/mol. The Morgan fingerprint density at radius 3 is 2.53 bits per heavy atom. The van der Waals surface area contributed by atoms with Crippen molar-refractivity contribution in [2.24, 2.45) is 0 Å². The van der Waals surface area contributed by atoms with Gasteiger partial charge in [-0.1, -0.05) is 0 Å². The molecule has 0 fully saturated rings. The van der Waals surface area contributed by atoms with E-state index in [1.54, 1.807) is 6.92 Å². The summed E-state index contributed by atoms with van der Waals surface area (Å²) in [5, 5.41) is 0. The topological polar surface area (TPSA) is 35.5 Å². The van der Waals surface area contributed by atoms with E-state index in [2.05, 4.69) is 4.74 Å². The van der Waals surface area contributed by atoms with E-state index < -0.39 is 29.6 Å². The second kappa shape index (κ2) is 5.90. The third-order valence-electron chi connectivity index (χ3n) is 2.17. The van der Waals surface area contributed by atoms with Crippen molar-refractivity contribution in [1.82, 2.24) is 0 Å². The number of rotatable bonds is 4. The smallest absolute Gasteiger partial charge is 0.419 e. The van der Waals surface area contributed by atoms with Crippen LogP contribution in [-0.2, 0) is 15.7 Å². The highest BCUT2D eigenvalue weighted by Crippen LogP contribution is 2.33. The summed E-state index contributed by atoms with van der Waals surface area (Å²) in [6, 6.07) is 2.15. The summed E-state index contributed by atoms with van der Waals surface area (Å²) in [6.07, 6.45) is -5.90. The molecule has 1 atom stereocenters. The summed E-state index contributed by atoms with van der Waals surface area (Å²) in [5.74, 6) is -2.36. The van der Waals surface area contributed by atoms with Gasteiger partial charge in [-0.25, -0.2) is 9.18 Å². The Morgan fingerprint density at radius 2 is 2.00 bits per heavy atom. The molecule has 0 aromatic heterocycles. The number of esters is 1. The Kier molecular flexibility index (Phi) is 4.74. The van der Waals surface area contributed by atoms with Crippen molar-refractivity contribution >= 4 is 5.97 Å². The van der Waals surface area contributed by atoms with Gasteiger partial charge in [0.1, 0.15) is 11.6 Å². The average Bonchev–Trinajstić information content (AvgIpc) is 2.30. The van der Waals surface area contributed by atoms with Crippen LogP contribution in [0.25, 0.3) is 0 Å². The van der Waals surface area contributed by atoms with Crippen LogP contribution in [0.3, 0.4) is 0 Å². The van der Waals surface area contributed by atoms with E-state index >= 15 is 0 Å². The molecule has 0 heterocycles. The molecule has 19 heavy (non-hydrogen) atoms. The van der Waals surface area contributed by atoms with E-state index in [0.29, 0.717) is 12.1 Å². The standard InChI is InChI=1S/C12H12F4O3/c1-3-18-11(17)7(2)19-8-4-5-10(13)9(6-8)12(14,15)16/h4-7H,3H2,1-2H3. The van der Waals surface area contributed by atoms with Gasteiger partial charge >= 0.3 is 12.1 Å². The maximum atomic E-state index is 13.0. The van der Waals surface area contributed by atoms with Crippen molar-refractivity contribution < 1.29 is 31.8 Å². The van der Waals surface area contributed by atoms with E-state index in [1.807, 2.05) is 0 Å². The monoisotopic (exact) mass is 280 g/mol. The zero-order chi connectivity index (χ0) is 14.6. The van der Waals surface area contributed by atoms with Gasteiger partial charge in [-0.05, 0) is 32.0 Å². The fourth-order valence-corrected chi connectivity index (χ4v) is 1.31. The van der Waals surface area contributed by atoms with Gasteiger partial charge in [0, 0.05) is 0 Å². The molecule has 0 saturated heterocycles. The molecule has 1 aromatic rings. The van der Waals surface area contributed by atoms with Gasteiger partial charge < -0.3 is 9.47 Å². The summed E-state index contributed by atoms with van der Waals surface area (Å²) >= 11 is 0. The third kappa shape index (κ3) is 4.11. The first kappa shape index (κ1) is 15.3. The maximum absolute atomic E-state index is 13.0. The zero-order valence-electron chi connectivity index (χ0n) is 10.3. The highest BCUT2D eigenvalue weighted by molar-refractivity contribution is 5.74. The molecule has 0 bridgehead atoms. The molecule has 7 heteroatoms. The van der Waals surface area contributed by atoms with Crippen LogP contribution >= 0.6 is 0 Å². The molecule has 0 aliphatic rings. The number of carbonyl (C=O) groups excluding carboxylic acids is 1. The van der Waals surface area contributed by atoms with Gasteiger partial charge in [0.25, 0.3) is 0 Å². The summed E-state index contributed by atoms with van der Waals surface area (Å²) < 4.78 is 60.0. The highest BCUT2D eigenvalue weighted by atomic mass is 19.4. The lowest BCUT2D eigenvalue weighted by Crippen LogP contribution is -2.26. The van der Waals surface area contributed by atoms with Crippen LogP contribution < -0.4 is 4.74 Å². The molecule has 1 unspecified atom stereocenters. The fourth-order valence-electron chi connectivity index (χ4n) is 1.31. The molecule has 1 aromatic carbocycles. The molecular weight excluding hydrogens is 268 g/mol. The lowest BCUT2D eigenvalue weighted by molar-refractivity contribution is -0.150. The highest BCUT2D eigenvalue weighted by Gasteiger charge is 2.34.